The number of H-pyrrole nitrogens is 2. The van der Waals surface area contributed by atoms with Gasteiger partial charge in [0, 0.05) is 41.2 Å². The highest BCUT2D eigenvalue weighted by Crippen LogP contribution is 2.25. The lowest BCUT2D eigenvalue weighted by atomic mass is 10.2. The van der Waals surface area contributed by atoms with Crippen LogP contribution >= 0.6 is 24.4 Å². The van der Waals surface area contributed by atoms with E-state index in [0.29, 0.717) is 36.2 Å². The lowest BCUT2D eigenvalue weighted by molar-refractivity contribution is 0.0160. The number of ether oxygens (including phenoxy) is 3. The quantitative estimate of drug-likeness (QED) is 0.347. The van der Waals surface area contributed by atoms with E-state index in [-0.39, 0.29) is 37.0 Å². The number of nitrogens with zero attached hydrogens (tertiary/aromatic N) is 9. The van der Waals surface area contributed by atoms with Crippen molar-refractivity contribution < 1.29 is 19.0 Å². The van der Waals surface area contributed by atoms with Crippen molar-refractivity contribution in [3.63, 3.8) is 0 Å². The molecule has 0 saturated carbocycles. The molecule has 2 saturated heterocycles. The predicted molar refractivity (Wildman–Crippen MR) is 156 cm³/mol. The van der Waals surface area contributed by atoms with Gasteiger partial charge in [0.2, 0.25) is 0 Å². The minimum Gasteiger partial charge on any atom is -0.444 e. The predicted octanol–water partition coefficient (Wildman–Crippen LogP) is 0.319. The summed E-state index contributed by atoms with van der Waals surface area (Å²) >= 11 is 10.8. The maximum Gasteiger partial charge on any atom is 0.410 e. The highest BCUT2D eigenvalue weighted by atomic mass is 32.1. The molecule has 0 aliphatic carbocycles. The Morgan fingerprint density at radius 2 is 1.49 bits per heavy atom. The number of nitrogens with one attached hydrogen (secondary N) is 3. The van der Waals surface area contributed by atoms with Gasteiger partial charge >= 0.3 is 6.09 Å². The van der Waals surface area contributed by atoms with Crippen molar-refractivity contribution in [1.29, 1.82) is 0 Å². The summed E-state index contributed by atoms with van der Waals surface area (Å²) in [6.07, 6.45) is 1.08. The molecule has 0 bridgehead atoms. The van der Waals surface area contributed by atoms with Gasteiger partial charge in [0.25, 0.3) is 0 Å². The van der Waals surface area contributed by atoms with Crippen LogP contribution in [0.3, 0.4) is 0 Å². The van der Waals surface area contributed by atoms with Crippen LogP contribution < -0.4 is 5.32 Å². The summed E-state index contributed by atoms with van der Waals surface area (Å²) < 4.78 is 17.0. The molecule has 4 rings (SSSR count). The van der Waals surface area contributed by atoms with E-state index in [9.17, 15) is 4.79 Å². The monoisotopic (exact) mass is 612 g/mol. The first-order valence-electron chi connectivity index (χ1n) is 13.2. The first kappa shape index (κ1) is 32.6. The molecule has 0 spiro atoms. The molecule has 2 aliphatic heterocycles. The molecule has 2 aromatic rings. The van der Waals surface area contributed by atoms with E-state index in [0.717, 1.165) is 18.0 Å². The summed E-state index contributed by atoms with van der Waals surface area (Å²) in [5.41, 5.74) is -0.565. The second-order valence-electron chi connectivity index (χ2n) is 11.1. The van der Waals surface area contributed by atoms with Crippen molar-refractivity contribution in [2.45, 2.75) is 76.7 Å². The number of carbonyl (C=O) groups is 1. The van der Waals surface area contributed by atoms with Gasteiger partial charge < -0.3 is 29.3 Å². The summed E-state index contributed by atoms with van der Waals surface area (Å²) in [5, 5.41) is 30.4. The zero-order valence-electron chi connectivity index (χ0n) is 24.5. The molecular formula is C23H40N12O4S2. The van der Waals surface area contributed by atoms with E-state index in [1.807, 2.05) is 58.8 Å². The van der Waals surface area contributed by atoms with Crippen LogP contribution in [0.2, 0.25) is 0 Å². The number of amides is 1. The van der Waals surface area contributed by atoms with Gasteiger partial charge in [-0.25, -0.2) is 4.79 Å². The summed E-state index contributed by atoms with van der Waals surface area (Å²) in [5.74, 6) is 1.04. The summed E-state index contributed by atoms with van der Waals surface area (Å²) in [7, 11) is 7.64. The highest BCUT2D eigenvalue weighted by molar-refractivity contribution is 7.80. The molecule has 2 aromatic heterocycles. The molecule has 4 atom stereocenters. The minimum atomic E-state index is -0.565. The number of likely N-dealkylation sites (N-methyl/N-ethyl adjacent to an activating group) is 2. The zero-order chi connectivity index (χ0) is 30.2. The summed E-state index contributed by atoms with van der Waals surface area (Å²) in [6.45, 7) is 7.33. The first-order valence-corrected chi connectivity index (χ1v) is 14.0. The maximum absolute atomic E-state index is 12.5. The molecule has 0 aromatic carbocycles. The molecule has 18 heteroatoms. The van der Waals surface area contributed by atoms with Crippen LogP contribution in [0.15, 0.2) is 0 Å². The number of hydrogen-bond donors (Lipinski definition) is 3. The smallest absolute Gasteiger partial charge is 0.410 e. The average Bonchev–Trinajstić information content (AvgIpc) is 3.72. The van der Waals surface area contributed by atoms with E-state index in [4.69, 9.17) is 38.6 Å². The Labute approximate surface area is 250 Å². The van der Waals surface area contributed by atoms with E-state index >= 15 is 0 Å². The van der Waals surface area contributed by atoms with Gasteiger partial charge in [0.1, 0.15) is 23.8 Å². The third-order valence-corrected chi connectivity index (χ3v) is 7.41. The average molecular weight is 613 g/mol. The van der Waals surface area contributed by atoms with E-state index < -0.39 is 5.60 Å². The van der Waals surface area contributed by atoms with Crippen molar-refractivity contribution in [3.05, 3.63) is 11.6 Å². The van der Waals surface area contributed by atoms with Crippen LogP contribution in [-0.4, -0.2) is 143 Å². The number of aromatic nitrogens is 8. The van der Waals surface area contributed by atoms with Crippen molar-refractivity contribution >= 4 is 40.5 Å². The minimum absolute atomic E-state index is 0.149. The third kappa shape index (κ3) is 10.1. The Kier molecular flexibility index (Phi) is 11.8. The van der Waals surface area contributed by atoms with Crippen LogP contribution in [0, 0.1) is 0 Å². The van der Waals surface area contributed by atoms with Crippen molar-refractivity contribution in [2.75, 3.05) is 41.3 Å². The topological polar surface area (TPSA) is 175 Å². The number of aromatic amines is 2. The number of tetrazole rings is 2. The molecule has 0 unspecified atom stereocenters. The van der Waals surface area contributed by atoms with Crippen molar-refractivity contribution in [3.8, 4) is 0 Å². The molecule has 16 nitrogen and oxygen atoms in total. The molecule has 228 valence electrons. The fourth-order valence-corrected chi connectivity index (χ4v) is 4.58. The van der Waals surface area contributed by atoms with E-state index in [1.54, 1.807) is 4.90 Å². The van der Waals surface area contributed by atoms with Crippen LogP contribution in [0.5, 0.6) is 0 Å². The summed E-state index contributed by atoms with van der Waals surface area (Å²) in [6, 6.07) is -0.0182. The summed E-state index contributed by atoms with van der Waals surface area (Å²) in [4.78, 5) is 19.5. The molecule has 41 heavy (non-hydrogen) atoms. The number of likely N-dealkylation sites (tertiary alicyclic amines) is 1. The van der Waals surface area contributed by atoms with Gasteiger partial charge in [0.05, 0.1) is 35.8 Å². The van der Waals surface area contributed by atoms with Gasteiger partial charge in [-0.3, -0.25) is 4.90 Å². The Balaban J connectivity index is 0.000000239. The van der Waals surface area contributed by atoms with E-state index in [2.05, 4.69) is 46.6 Å². The largest absolute Gasteiger partial charge is 0.444 e. The Bertz CT molecular complexity index is 1110. The first-order chi connectivity index (χ1) is 19.3. The molecular weight excluding hydrogens is 572 g/mol. The molecule has 1 amide bonds. The fraction of sp³-hybridized carbons (Fsp3) is 0.783. The van der Waals surface area contributed by atoms with Crippen molar-refractivity contribution in [2.24, 2.45) is 0 Å². The molecule has 0 radical (unpaired) electrons. The van der Waals surface area contributed by atoms with Crippen LogP contribution in [0.1, 0.15) is 45.3 Å². The number of rotatable bonds is 8. The van der Waals surface area contributed by atoms with Crippen LogP contribution in [0.4, 0.5) is 4.79 Å². The van der Waals surface area contributed by atoms with Gasteiger partial charge in [0.15, 0.2) is 11.6 Å². The molecule has 2 aliphatic rings. The van der Waals surface area contributed by atoms with Gasteiger partial charge in [-0.05, 0) is 27.2 Å². The van der Waals surface area contributed by atoms with Gasteiger partial charge in [-0.1, -0.05) is 34.9 Å². The molecule has 3 N–H and O–H groups in total. The second kappa shape index (κ2) is 14.8. The Morgan fingerprint density at radius 1 is 0.927 bits per heavy atom. The fourth-order valence-electron chi connectivity index (χ4n) is 4.17. The third-order valence-electron chi connectivity index (χ3n) is 6.12. The Morgan fingerprint density at radius 3 is 1.98 bits per heavy atom. The van der Waals surface area contributed by atoms with E-state index in [1.165, 1.54) is 0 Å². The lowest BCUT2D eigenvalue weighted by Crippen LogP contribution is -2.46. The van der Waals surface area contributed by atoms with Crippen LogP contribution in [0.25, 0.3) is 0 Å². The van der Waals surface area contributed by atoms with Gasteiger partial charge in [-0.15, -0.1) is 20.4 Å². The molecule has 2 fully saturated rings. The Hall–Kier alpha value is -2.93. The zero-order valence-corrected chi connectivity index (χ0v) is 26.2. The highest BCUT2D eigenvalue weighted by Gasteiger charge is 2.41. The SMILES string of the molecule is CN(C)C(=S)[C@@H]1C[C@@H](OCc2nn[nH]n2)CN1.CN(C)C(=S)[C@@H]1C[C@@H](OCc2nn[nH]n2)CN1C(=O)OC(C)(C)C. The lowest BCUT2D eigenvalue weighted by Gasteiger charge is -2.30. The standard InChI is InChI=1S/C14H24N6O3S.C9H16N6OS/c1-14(2,3)23-13(21)20-7-9(6-10(20)12(24)19(4)5)22-8-11-15-17-18-16-11;1-15(2)9(17)7-3-6(4-10-7)16-5-8-11-13-14-12-8/h9-10H,6-8H2,1-5H3,(H,15,16,17,18);6-7,10H,3-5H2,1-2H3,(H,11,12,13,14)/t9-,10+;6-,7+/m11/s1. The van der Waals surface area contributed by atoms with Crippen LogP contribution in [-0.2, 0) is 27.4 Å². The number of carbonyl (C=O) groups excluding carboxylic acids is 1. The maximum atomic E-state index is 12.5. The second-order valence-corrected chi connectivity index (χ2v) is 11.9. The number of thiocarbonyl (C=S) groups is 2. The normalized spacial score (nSPS) is 22.2. The van der Waals surface area contributed by atoms with Gasteiger partial charge in [-0.2, -0.15) is 10.4 Å². The molecule has 4 heterocycles. The number of hydrogen-bond acceptors (Lipinski definition) is 13. The van der Waals surface area contributed by atoms with Crippen molar-refractivity contribution in [1.82, 2.24) is 61.3 Å².